The number of aromatic nitrogens is 1. The summed E-state index contributed by atoms with van der Waals surface area (Å²) in [4.78, 5) is 9.01. The van der Waals surface area contributed by atoms with Crippen LogP contribution < -0.4 is 19.6 Å². The van der Waals surface area contributed by atoms with Crippen molar-refractivity contribution in [2.45, 2.75) is 6.92 Å². The van der Waals surface area contributed by atoms with Gasteiger partial charge in [0.15, 0.2) is 17.3 Å². The molecule has 2 heterocycles. The number of nitrogens with one attached hydrogen (secondary N) is 1. The van der Waals surface area contributed by atoms with Crippen LogP contribution in [-0.2, 0) is 0 Å². The molecule has 1 aromatic heterocycles. The standard InChI is InChI=1S/C22H20N4O3/c1-2-27-18-9-7-17(8-10-18)25-22(19-5-3-4-12-23-19)26-24-14-16-6-11-20-21(13-16)29-15-28-20/h3-14H,2,15H2,1H3,(H,25,26). The van der Waals surface area contributed by atoms with E-state index < -0.39 is 0 Å². The summed E-state index contributed by atoms with van der Waals surface area (Å²) in [5.74, 6) is 2.79. The minimum absolute atomic E-state index is 0.243. The zero-order valence-electron chi connectivity index (χ0n) is 15.9. The lowest BCUT2D eigenvalue weighted by atomic mass is 10.2. The molecular formula is C22H20N4O3. The van der Waals surface area contributed by atoms with Gasteiger partial charge in [-0.1, -0.05) is 6.07 Å². The van der Waals surface area contributed by atoms with Crippen LogP contribution in [0.15, 0.2) is 77.0 Å². The summed E-state index contributed by atoms with van der Waals surface area (Å²) in [6.07, 6.45) is 3.41. The van der Waals surface area contributed by atoms with Gasteiger partial charge in [0.25, 0.3) is 0 Å². The number of benzene rings is 2. The summed E-state index contributed by atoms with van der Waals surface area (Å²) in [6.45, 7) is 2.82. The van der Waals surface area contributed by atoms with Crippen molar-refractivity contribution < 1.29 is 14.2 Å². The van der Waals surface area contributed by atoms with Crippen molar-refractivity contribution in [2.24, 2.45) is 10.1 Å². The average Bonchev–Trinajstić information content (AvgIpc) is 3.23. The van der Waals surface area contributed by atoms with Gasteiger partial charge in [-0.3, -0.25) is 10.4 Å². The number of hydrazone groups is 1. The molecule has 1 N–H and O–H groups in total. The lowest BCUT2D eigenvalue weighted by Gasteiger charge is -2.06. The highest BCUT2D eigenvalue weighted by Gasteiger charge is 2.12. The zero-order chi connectivity index (χ0) is 19.9. The molecule has 2 aromatic carbocycles. The summed E-state index contributed by atoms with van der Waals surface area (Å²) in [6, 6.07) is 18.8. The van der Waals surface area contributed by atoms with E-state index in [1.807, 2.05) is 67.6 Å². The second-order valence-corrected chi connectivity index (χ2v) is 6.09. The summed E-state index contributed by atoms with van der Waals surface area (Å²) in [5, 5.41) is 4.32. The molecule has 0 amide bonds. The van der Waals surface area contributed by atoms with Crippen LogP contribution in [0.4, 0.5) is 5.69 Å². The lowest BCUT2D eigenvalue weighted by molar-refractivity contribution is 0.174. The molecule has 29 heavy (non-hydrogen) atoms. The van der Waals surface area contributed by atoms with Gasteiger partial charge in [-0.25, -0.2) is 4.99 Å². The van der Waals surface area contributed by atoms with Crippen molar-refractivity contribution in [1.82, 2.24) is 10.4 Å². The van der Waals surface area contributed by atoms with Crippen molar-refractivity contribution in [3.63, 3.8) is 0 Å². The van der Waals surface area contributed by atoms with Crippen LogP contribution in [0, 0.1) is 0 Å². The molecule has 0 radical (unpaired) electrons. The maximum absolute atomic E-state index is 5.48. The highest BCUT2D eigenvalue weighted by atomic mass is 16.7. The monoisotopic (exact) mass is 388 g/mol. The minimum Gasteiger partial charge on any atom is -0.494 e. The van der Waals surface area contributed by atoms with E-state index in [1.54, 1.807) is 12.4 Å². The first kappa shape index (κ1) is 18.5. The van der Waals surface area contributed by atoms with E-state index >= 15 is 0 Å². The van der Waals surface area contributed by atoms with E-state index in [2.05, 4.69) is 20.5 Å². The number of nitrogens with zero attached hydrogens (tertiary/aromatic N) is 3. The highest BCUT2D eigenvalue weighted by molar-refractivity contribution is 5.99. The third-order valence-electron chi connectivity index (χ3n) is 4.08. The van der Waals surface area contributed by atoms with Crippen molar-refractivity contribution in [2.75, 3.05) is 13.4 Å². The van der Waals surface area contributed by atoms with Gasteiger partial charge in [0.2, 0.25) is 6.79 Å². The Balaban J connectivity index is 1.54. The molecule has 3 aromatic rings. The molecule has 0 atom stereocenters. The van der Waals surface area contributed by atoms with Crippen LogP contribution in [-0.4, -0.2) is 30.4 Å². The van der Waals surface area contributed by atoms with E-state index in [9.17, 15) is 0 Å². The first-order chi connectivity index (χ1) is 14.3. The molecule has 1 aliphatic heterocycles. The fraction of sp³-hybridized carbons (Fsp3) is 0.136. The number of ether oxygens (including phenoxy) is 3. The molecule has 0 saturated heterocycles. The quantitative estimate of drug-likeness (QED) is 0.394. The van der Waals surface area contributed by atoms with E-state index in [1.165, 1.54) is 0 Å². The van der Waals surface area contributed by atoms with Gasteiger partial charge in [0.05, 0.1) is 18.5 Å². The number of hydrogen-bond acceptors (Lipinski definition) is 6. The second-order valence-electron chi connectivity index (χ2n) is 6.09. The summed E-state index contributed by atoms with van der Waals surface area (Å²) >= 11 is 0. The Morgan fingerprint density at radius 3 is 2.76 bits per heavy atom. The van der Waals surface area contributed by atoms with E-state index in [4.69, 9.17) is 14.2 Å². The molecule has 0 bridgehead atoms. The van der Waals surface area contributed by atoms with E-state index in [0.29, 0.717) is 23.9 Å². The molecule has 0 aliphatic carbocycles. The molecule has 0 fully saturated rings. The maximum Gasteiger partial charge on any atom is 0.231 e. The number of aliphatic imine (C=N–C) groups is 1. The van der Waals surface area contributed by atoms with Crippen LogP contribution in [0.1, 0.15) is 18.2 Å². The number of fused-ring (bicyclic) bond motifs is 1. The smallest absolute Gasteiger partial charge is 0.231 e. The summed E-state index contributed by atoms with van der Waals surface area (Å²) in [7, 11) is 0. The van der Waals surface area contributed by atoms with Crippen LogP contribution in [0.25, 0.3) is 0 Å². The molecule has 1 aliphatic rings. The number of amidine groups is 1. The first-order valence-corrected chi connectivity index (χ1v) is 9.23. The predicted octanol–water partition coefficient (Wildman–Crippen LogP) is 3.91. The Hall–Kier alpha value is -3.87. The van der Waals surface area contributed by atoms with Crippen molar-refractivity contribution >= 4 is 17.7 Å². The molecule has 0 saturated carbocycles. The Morgan fingerprint density at radius 2 is 1.97 bits per heavy atom. The van der Waals surface area contributed by atoms with Gasteiger partial charge in [0, 0.05) is 6.20 Å². The zero-order valence-corrected chi connectivity index (χ0v) is 15.9. The normalized spacial score (nSPS) is 12.9. The molecule has 0 spiro atoms. The van der Waals surface area contributed by atoms with Gasteiger partial charge >= 0.3 is 0 Å². The molecule has 0 unspecified atom stereocenters. The topological polar surface area (TPSA) is 77.3 Å². The second kappa shape index (κ2) is 8.88. The summed E-state index contributed by atoms with van der Waals surface area (Å²) < 4.78 is 16.2. The Morgan fingerprint density at radius 1 is 1.10 bits per heavy atom. The van der Waals surface area contributed by atoms with Gasteiger partial charge in [0.1, 0.15) is 11.4 Å². The minimum atomic E-state index is 0.243. The SMILES string of the molecule is CCOc1ccc(N=C(NN=Cc2ccc3c(c2)OCO3)c2ccccn2)cc1. The first-order valence-electron chi connectivity index (χ1n) is 9.23. The van der Waals surface area contributed by atoms with Gasteiger partial charge in [-0.05, 0) is 67.1 Å². The molecule has 146 valence electrons. The largest absolute Gasteiger partial charge is 0.494 e. The van der Waals surface area contributed by atoms with Crippen molar-refractivity contribution in [1.29, 1.82) is 0 Å². The van der Waals surface area contributed by atoms with Crippen LogP contribution in [0.5, 0.6) is 17.2 Å². The fourth-order valence-corrected chi connectivity index (χ4v) is 2.72. The van der Waals surface area contributed by atoms with Crippen LogP contribution in [0.2, 0.25) is 0 Å². The molecule has 7 heteroatoms. The van der Waals surface area contributed by atoms with Crippen LogP contribution in [0.3, 0.4) is 0 Å². The highest BCUT2D eigenvalue weighted by Crippen LogP contribution is 2.31. The molecule has 4 rings (SSSR count). The average molecular weight is 388 g/mol. The van der Waals surface area contributed by atoms with Crippen molar-refractivity contribution in [3.05, 3.63) is 78.1 Å². The number of rotatable bonds is 6. The maximum atomic E-state index is 5.48. The third kappa shape index (κ3) is 4.70. The third-order valence-corrected chi connectivity index (χ3v) is 4.08. The number of pyridine rings is 1. The van der Waals surface area contributed by atoms with Gasteiger partial charge in [-0.2, -0.15) is 5.10 Å². The predicted molar refractivity (Wildman–Crippen MR) is 111 cm³/mol. The van der Waals surface area contributed by atoms with Crippen molar-refractivity contribution in [3.8, 4) is 17.2 Å². The fourth-order valence-electron chi connectivity index (χ4n) is 2.72. The summed E-state index contributed by atoms with van der Waals surface area (Å²) in [5.41, 5.74) is 5.32. The number of hydrogen-bond donors (Lipinski definition) is 1. The van der Waals surface area contributed by atoms with Gasteiger partial charge < -0.3 is 14.2 Å². The lowest BCUT2D eigenvalue weighted by Crippen LogP contribution is -2.20. The van der Waals surface area contributed by atoms with Gasteiger partial charge in [-0.15, -0.1) is 0 Å². The van der Waals surface area contributed by atoms with E-state index in [0.717, 1.165) is 22.7 Å². The van der Waals surface area contributed by atoms with E-state index in [-0.39, 0.29) is 6.79 Å². The Labute approximate surface area is 168 Å². The molecule has 7 nitrogen and oxygen atoms in total. The van der Waals surface area contributed by atoms with Crippen LogP contribution >= 0.6 is 0 Å². The molecular weight excluding hydrogens is 368 g/mol. The Kier molecular flexibility index (Phi) is 5.66. The Bertz CT molecular complexity index is 1020.